The number of nitrogens with one attached hydrogen (secondary N) is 1. The molecule has 1 amide bonds. The van der Waals surface area contributed by atoms with E-state index in [-0.39, 0.29) is 6.42 Å². The zero-order valence-electron chi connectivity index (χ0n) is 10.3. The van der Waals surface area contributed by atoms with Crippen LogP contribution in [0.15, 0.2) is 24.3 Å². The average Bonchev–Trinajstić information content (AvgIpc) is 2.37. The normalized spacial score (nSPS) is 11.8. The van der Waals surface area contributed by atoms with Crippen molar-refractivity contribution in [3.63, 3.8) is 0 Å². The van der Waals surface area contributed by atoms with Crippen molar-refractivity contribution in [3.8, 4) is 12.3 Å². The Labute approximate surface area is 126 Å². The molecule has 4 nitrogen and oxygen atoms in total. The SMILES string of the molecule is C#CCC(NC(=O)/C=C/c1ccc(Cl)cc1Cl)C(=O)O. The van der Waals surface area contributed by atoms with E-state index in [1.54, 1.807) is 18.2 Å². The maximum atomic E-state index is 11.6. The summed E-state index contributed by atoms with van der Waals surface area (Å²) >= 11 is 11.7. The second-order valence-corrected chi connectivity index (χ2v) is 4.65. The van der Waals surface area contributed by atoms with Crippen LogP contribution in [0.1, 0.15) is 12.0 Å². The highest BCUT2D eigenvalue weighted by Gasteiger charge is 2.17. The summed E-state index contributed by atoms with van der Waals surface area (Å²) in [4.78, 5) is 22.4. The molecule has 1 atom stereocenters. The Kier molecular flexibility index (Phi) is 6.10. The number of hydrogen-bond donors (Lipinski definition) is 2. The first-order valence-electron chi connectivity index (χ1n) is 5.54. The van der Waals surface area contributed by atoms with E-state index in [0.717, 1.165) is 0 Å². The third-order valence-electron chi connectivity index (χ3n) is 2.31. The second kappa shape index (κ2) is 7.59. The van der Waals surface area contributed by atoms with E-state index in [9.17, 15) is 9.59 Å². The Morgan fingerprint density at radius 2 is 2.15 bits per heavy atom. The van der Waals surface area contributed by atoms with E-state index in [0.29, 0.717) is 15.6 Å². The first kappa shape index (κ1) is 16.1. The number of terminal acetylenes is 1. The van der Waals surface area contributed by atoms with Gasteiger partial charge in [0.2, 0.25) is 5.91 Å². The first-order valence-corrected chi connectivity index (χ1v) is 6.29. The lowest BCUT2D eigenvalue weighted by atomic mass is 10.2. The number of amides is 1. The van der Waals surface area contributed by atoms with Gasteiger partial charge in [0, 0.05) is 22.5 Å². The predicted octanol–water partition coefficient (Wildman–Crippen LogP) is 2.60. The molecule has 6 heteroatoms. The minimum atomic E-state index is -1.19. The number of carbonyl (C=O) groups excluding carboxylic acids is 1. The van der Waals surface area contributed by atoms with Crippen LogP contribution in [0, 0.1) is 12.3 Å². The van der Waals surface area contributed by atoms with Gasteiger partial charge in [0.15, 0.2) is 0 Å². The summed E-state index contributed by atoms with van der Waals surface area (Å²) in [7, 11) is 0. The monoisotopic (exact) mass is 311 g/mol. The van der Waals surface area contributed by atoms with Crippen molar-refractivity contribution < 1.29 is 14.7 Å². The van der Waals surface area contributed by atoms with Crippen molar-refractivity contribution in [1.29, 1.82) is 0 Å². The summed E-state index contributed by atoms with van der Waals surface area (Å²) in [5.41, 5.74) is 0.593. The summed E-state index contributed by atoms with van der Waals surface area (Å²) < 4.78 is 0. The quantitative estimate of drug-likeness (QED) is 0.649. The van der Waals surface area contributed by atoms with Crippen LogP contribution >= 0.6 is 23.2 Å². The second-order valence-electron chi connectivity index (χ2n) is 3.81. The summed E-state index contributed by atoms with van der Waals surface area (Å²) in [5.74, 6) is 0.432. The molecule has 0 aliphatic heterocycles. The van der Waals surface area contributed by atoms with E-state index < -0.39 is 17.9 Å². The Bertz CT molecular complexity index is 591. The van der Waals surface area contributed by atoms with Gasteiger partial charge in [0.1, 0.15) is 6.04 Å². The molecule has 1 rings (SSSR count). The Morgan fingerprint density at radius 3 is 2.70 bits per heavy atom. The van der Waals surface area contributed by atoms with E-state index in [4.69, 9.17) is 34.7 Å². The van der Waals surface area contributed by atoms with Crippen molar-refractivity contribution in [2.75, 3.05) is 0 Å². The van der Waals surface area contributed by atoms with Crippen molar-refractivity contribution in [3.05, 3.63) is 39.9 Å². The van der Waals surface area contributed by atoms with Gasteiger partial charge in [-0.15, -0.1) is 12.3 Å². The molecule has 0 aliphatic rings. The summed E-state index contributed by atoms with van der Waals surface area (Å²) in [6.45, 7) is 0. The molecule has 0 fully saturated rings. The predicted molar refractivity (Wildman–Crippen MR) is 78.5 cm³/mol. The lowest BCUT2D eigenvalue weighted by Gasteiger charge is -2.09. The van der Waals surface area contributed by atoms with Gasteiger partial charge in [0.25, 0.3) is 0 Å². The van der Waals surface area contributed by atoms with Gasteiger partial charge in [-0.2, -0.15) is 0 Å². The van der Waals surface area contributed by atoms with Crippen molar-refractivity contribution in [2.45, 2.75) is 12.5 Å². The number of rotatable bonds is 5. The summed E-state index contributed by atoms with van der Waals surface area (Å²) in [6, 6.07) is 3.70. The molecule has 0 heterocycles. The molecule has 0 spiro atoms. The topological polar surface area (TPSA) is 66.4 Å². The third-order valence-corrected chi connectivity index (χ3v) is 2.88. The number of benzene rings is 1. The summed E-state index contributed by atoms with van der Waals surface area (Å²) in [5, 5.41) is 12.0. The van der Waals surface area contributed by atoms with Gasteiger partial charge in [-0.1, -0.05) is 29.3 Å². The van der Waals surface area contributed by atoms with Gasteiger partial charge in [-0.3, -0.25) is 4.79 Å². The van der Waals surface area contributed by atoms with E-state index in [1.807, 2.05) is 0 Å². The van der Waals surface area contributed by atoms with E-state index in [1.165, 1.54) is 12.2 Å². The molecule has 0 bridgehead atoms. The fourth-order valence-corrected chi connectivity index (χ4v) is 1.81. The Morgan fingerprint density at radius 1 is 1.45 bits per heavy atom. The molecule has 0 aliphatic carbocycles. The number of hydrogen-bond acceptors (Lipinski definition) is 2. The highest BCUT2D eigenvalue weighted by molar-refractivity contribution is 6.35. The van der Waals surface area contributed by atoms with Crippen LogP contribution in [-0.2, 0) is 9.59 Å². The largest absolute Gasteiger partial charge is 0.480 e. The number of carbonyl (C=O) groups is 2. The van der Waals surface area contributed by atoms with E-state index in [2.05, 4.69) is 11.2 Å². The third kappa shape index (κ3) is 4.96. The van der Waals surface area contributed by atoms with Crippen LogP contribution in [0.3, 0.4) is 0 Å². The highest BCUT2D eigenvalue weighted by atomic mass is 35.5. The maximum Gasteiger partial charge on any atom is 0.327 e. The molecule has 1 aromatic carbocycles. The number of halogens is 2. The van der Waals surface area contributed by atoms with Crippen molar-refractivity contribution >= 4 is 41.2 Å². The van der Waals surface area contributed by atoms with Crippen LogP contribution in [0.4, 0.5) is 0 Å². The van der Waals surface area contributed by atoms with Crippen LogP contribution in [0.5, 0.6) is 0 Å². The number of carboxylic acid groups (broad SMARTS) is 1. The van der Waals surface area contributed by atoms with Crippen molar-refractivity contribution in [1.82, 2.24) is 5.32 Å². The maximum absolute atomic E-state index is 11.6. The summed E-state index contributed by atoms with van der Waals surface area (Å²) in [6.07, 6.45) is 7.59. The minimum Gasteiger partial charge on any atom is -0.480 e. The first-order chi connectivity index (χ1) is 9.43. The van der Waals surface area contributed by atoms with Crippen LogP contribution in [-0.4, -0.2) is 23.0 Å². The fourth-order valence-electron chi connectivity index (χ4n) is 1.34. The lowest BCUT2D eigenvalue weighted by molar-refractivity contribution is -0.141. The molecule has 1 unspecified atom stereocenters. The molecule has 1 aromatic rings. The van der Waals surface area contributed by atoms with Crippen LogP contribution in [0.25, 0.3) is 6.08 Å². The van der Waals surface area contributed by atoms with Crippen molar-refractivity contribution in [2.24, 2.45) is 0 Å². The zero-order chi connectivity index (χ0) is 15.1. The molecule has 104 valence electrons. The molecule has 0 saturated heterocycles. The Hall–Kier alpha value is -1.96. The molecule has 0 radical (unpaired) electrons. The van der Waals surface area contributed by atoms with E-state index >= 15 is 0 Å². The minimum absolute atomic E-state index is 0.0867. The molecule has 2 N–H and O–H groups in total. The number of aliphatic carboxylic acids is 1. The van der Waals surface area contributed by atoms with Crippen LogP contribution < -0.4 is 5.32 Å². The standard InChI is InChI=1S/C14H11Cl2NO3/c1-2-3-12(14(19)20)17-13(18)7-5-9-4-6-10(15)8-11(9)16/h1,4-8,12H,3H2,(H,17,18)(H,19,20)/b7-5+. The molecular weight excluding hydrogens is 301 g/mol. The van der Waals surface area contributed by atoms with Gasteiger partial charge in [-0.25, -0.2) is 4.79 Å². The zero-order valence-corrected chi connectivity index (χ0v) is 11.8. The smallest absolute Gasteiger partial charge is 0.327 e. The Balaban J connectivity index is 2.72. The van der Waals surface area contributed by atoms with Gasteiger partial charge < -0.3 is 10.4 Å². The number of carboxylic acids is 1. The molecule has 0 saturated carbocycles. The highest BCUT2D eigenvalue weighted by Crippen LogP contribution is 2.21. The molecule has 0 aromatic heterocycles. The fraction of sp³-hybridized carbons (Fsp3) is 0.143. The van der Waals surface area contributed by atoms with Gasteiger partial charge in [0.05, 0.1) is 0 Å². The van der Waals surface area contributed by atoms with Gasteiger partial charge >= 0.3 is 5.97 Å². The average molecular weight is 312 g/mol. The van der Waals surface area contributed by atoms with Gasteiger partial charge in [-0.05, 0) is 23.8 Å². The van der Waals surface area contributed by atoms with Crippen LogP contribution in [0.2, 0.25) is 10.0 Å². The lowest BCUT2D eigenvalue weighted by Crippen LogP contribution is -2.39. The molecule has 20 heavy (non-hydrogen) atoms. The molecular formula is C14H11Cl2NO3.